The molecule has 0 aromatic heterocycles. The van der Waals surface area contributed by atoms with Gasteiger partial charge in [0.05, 0.1) is 28.8 Å². The number of halogens is 7. The molecule has 0 atom stereocenters. The van der Waals surface area contributed by atoms with E-state index < -0.39 is 16.5 Å². The molecule has 2 aromatic rings. The Labute approximate surface area is 189 Å². The summed E-state index contributed by atoms with van der Waals surface area (Å²) >= 11 is 14.9. The number of alkyl halides is 3. The van der Waals surface area contributed by atoms with Gasteiger partial charge in [-0.25, -0.2) is 0 Å². The summed E-state index contributed by atoms with van der Waals surface area (Å²) in [6, 6.07) is 7.51. The maximum atomic E-state index is 12.6. The number of rotatable bonds is 10. The van der Waals surface area contributed by atoms with Gasteiger partial charge in [-0.3, -0.25) is 0 Å². The monoisotopic (exact) mass is 530 g/mol. The van der Waals surface area contributed by atoms with Crippen LogP contribution in [0.2, 0.25) is 10.0 Å². The Morgan fingerprint density at radius 1 is 0.900 bits per heavy atom. The number of hydrogen-bond donors (Lipinski definition) is 0. The van der Waals surface area contributed by atoms with Crippen molar-refractivity contribution >= 4 is 39.1 Å². The molecule has 0 radical (unpaired) electrons. The van der Waals surface area contributed by atoms with Crippen LogP contribution in [0.4, 0.5) is 17.6 Å². The van der Waals surface area contributed by atoms with Gasteiger partial charge in [0, 0.05) is 12.1 Å². The molecular weight excluding hydrogens is 515 g/mol. The Kier molecular flexibility index (Phi) is 9.58. The standard InChI is InChI=1S/C20H17BrCl2F4O3/c21-19(24)7-10-30-18-12-15(22)17(11-16(18)23)29-9-2-1-8-28-14-5-3-13(4-6-14)20(25,26)27/h3-7,11-12H,1-2,8-10H2/b19-7+. The minimum absolute atomic E-state index is 0.0216. The molecule has 0 saturated carbocycles. The lowest BCUT2D eigenvalue weighted by molar-refractivity contribution is -0.137. The SMILES string of the molecule is F/C(Br)=C/COc1cc(Cl)c(OCCCCOc2ccc(C(F)(F)F)cc2)cc1Cl. The number of unbranched alkanes of at least 4 members (excludes halogenated alkanes) is 1. The molecule has 3 nitrogen and oxygen atoms in total. The average Bonchev–Trinajstić information content (AvgIpc) is 2.67. The molecule has 0 amide bonds. The summed E-state index contributed by atoms with van der Waals surface area (Å²) in [5.74, 6) is 1.04. The predicted molar refractivity (Wildman–Crippen MR) is 112 cm³/mol. The van der Waals surface area contributed by atoms with Gasteiger partial charge in [0.15, 0.2) is 4.74 Å². The Hall–Kier alpha value is -1.64. The lowest BCUT2D eigenvalue weighted by atomic mass is 10.2. The Bertz CT molecular complexity index is 854. The van der Waals surface area contributed by atoms with E-state index in [4.69, 9.17) is 37.4 Å². The quantitative estimate of drug-likeness (QED) is 0.231. The summed E-state index contributed by atoms with van der Waals surface area (Å²) in [7, 11) is 0. The van der Waals surface area contributed by atoms with Crippen molar-refractivity contribution in [3.63, 3.8) is 0 Å². The van der Waals surface area contributed by atoms with Crippen LogP contribution in [0.25, 0.3) is 0 Å². The molecule has 0 heterocycles. The van der Waals surface area contributed by atoms with E-state index in [2.05, 4.69) is 15.9 Å². The molecule has 0 unspecified atom stereocenters. The molecule has 164 valence electrons. The van der Waals surface area contributed by atoms with Gasteiger partial charge < -0.3 is 14.2 Å². The van der Waals surface area contributed by atoms with Gasteiger partial charge in [0.25, 0.3) is 0 Å². The number of benzene rings is 2. The van der Waals surface area contributed by atoms with Gasteiger partial charge in [-0.05, 0) is 59.1 Å². The van der Waals surface area contributed by atoms with Crippen LogP contribution >= 0.6 is 39.1 Å². The fourth-order valence-electron chi connectivity index (χ4n) is 2.24. The van der Waals surface area contributed by atoms with Gasteiger partial charge in [-0.1, -0.05) is 23.2 Å². The maximum Gasteiger partial charge on any atom is 0.416 e. The first kappa shape index (κ1) is 24.6. The minimum atomic E-state index is -4.37. The van der Waals surface area contributed by atoms with Crippen LogP contribution in [0.5, 0.6) is 17.2 Å². The zero-order chi connectivity index (χ0) is 22.1. The smallest absolute Gasteiger partial charge is 0.416 e. The van der Waals surface area contributed by atoms with Crippen LogP contribution < -0.4 is 14.2 Å². The minimum Gasteiger partial charge on any atom is -0.494 e. The number of ether oxygens (including phenoxy) is 3. The second-order valence-corrected chi connectivity index (χ2v) is 7.52. The third-order valence-electron chi connectivity index (χ3n) is 3.71. The van der Waals surface area contributed by atoms with Gasteiger partial charge in [-0.2, -0.15) is 17.6 Å². The zero-order valence-electron chi connectivity index (χ0n) is 15.4. The van der Waals surface area contributed by atoms with E-state index in [1.54, 1.807) is 0 Å². The van der Waals surface area contributed by atoms with E-state index in [1.165, 1.54) is 30.3 Å². The fourth-order valence-corrected chi connectivity index (χ4v) is 2.79. The average molecular weight is 532 g/mol. The molecule has 0 aliphatic rings. The fraction of sp³-hybridized carbons (Fsp3) is 0.300. The molecule has 30 heavy (non-hydrogen) atoms. The van der Waals surface area contributed by atoms with Crippen LogP contribution in [0.15, 0.2) is 47.2 Å². The van der Waals surface area contributed by atoms with Crippen molar-refractivity contribution in [2.24, 2.45) is 0 Å². The molecule has 0 bridgehead atoms. The van der Waals surface area contributed by atoms with Crippen molar-refractivity contribution in [3.8, 4) is 17.2 Å². The van der Waals surface area contributed by atoms with Crippen LogP contribution in [0.1, 0.15) is 18.4 Å². The van der Waals surface area contributed by atoms with E-state index in [0.29, 0.717) is 48.3 Å². The van der Waals surface area contributed by atoms with Gasteiger partial charge >= 0.3 is 6.18 Å². The first-order valence-corrected chi connectivity index (χ1v) is 10.3. The summed E-state index contributed by atoms with van der Waals surface area (Å²) in [6.45, 7) is 0.643. The van der Waals surface area contributed by atoms with E-state index in [-0.39, 0.29) is 11.6 Å². The Morgan fingerprint density at radius 2 is 1.43 bits per heavy atom. The van der Waals surface area contributed by atoms with Crippen LogP contribution in [-0.2, 0) is 6.18 Å². The van der Waals surface area contributed by atoms with Crippen molar-refractivity contribution in [1.82, 2.24) is 0 Å². The second-order valence-electron chi connectivity index (χ2n) is 5.94. The predicted octanol–water partition coefficient (Wildman–Crippen LogP) is 7.83. The highest BCUT2D eigenvalue weighted by Gasteiger charge is 2.29. The van der Waals surface area contributed by atoms with E-state index in [0.717, 1.165) is 12.1 Å². The van der Waals surface area contributed by atoms with Crippen LogP contribution in [0.3, 0.4) is 0 Å². The summed E-state index contributed by atoms with van der Waals surface area (Å²) in [5, 5.41) is 0.558. The summed E-state index contributed by atoms with van der Waals surface area (Å²) in [5.41, 5.74) is -0.720. The van der Waals surface area contributed by atoms with Crippen molar-refractivity contribution in [3.05, 3.63) is 62.8 Å². The molecule has 2 aromatic carbocycles. The Morgan fingerprint density at radius 3 is 1.97 bits per heavy atom. The zero-order valence-corrected chi connectivity index (χ0v) is 18.5. The lowest BCUT2D eigenvalue weighted by Gasteiger charge is -2.12. The van der Waals surface area contributed by atoms with Crippen LogP contribution in [-0.4, -0.2) is 19.8 Å². The van der Waals surface area contributed by atoms with Crippen molar-refractivity contribution < 1.29 is 31.8 Å². The highest BCUT2D eigenvalue weighted by atomic mass is 79.9. The summed E-state index contributed by atoms with van der Waals surface area (Å²) < 4.78 is 65.9. The molecule has 0 aliphatic carbocycles. The first-order chi connectivity index (χ1) is 14.2. The third-order valence-corrected chi connectivity index (χ3v) is 4.62. The third kappa shape index (κ3) is 8.24. The largest absolute Gasteiger partial charge is 0.494 e. The lowest BCUT2D eigenvalue weighted by Crippen LogP contribution is -2.05. The molecule has 0 saturated heterocycles. The van der Waals surface area contributed by atoms with Crippen molar-refractivity contribution in [2.45, 2.75) is 19.0 Å². The van der Waals surface area contributed by atoms with E-state index in [9.17, 15) is 17.6 Å². The summed E-state index contributed by atoms with van der Waals surface area (Å²) in [6.07, 6.45) is -1.94. The topological polar surface area (TPSA) is 27.7 Å². The molecular formula is C20H17BrCl2F4O3. The molecule has 0 fully saturated rings. The van der Waals surface area contributed by atoms with Gasteiger partial charge in [0.2, 0.25) is 0 Å². The second kappa shape index (κ2) is 11.7. The summed E-state index contributed by atoms with van der Waals surface area (Å²) in [4.78, 5) is 0. The van der Waals surface area contributed by atoms with Crippen molar-refractivity contribution in [2.75, 3.05) is 19.8 Å². The highest BCUT2D eigenvalue weighted by Crippen LogP contribution is 2.36. The molecule has 2 rings (SSSR count). The van der Waals surface area contributed by atoms with Gasteiger partial charge in [-0.15, -0.1) is 0 Å². The highest BCUT2D eigenvalue weighted by molar-refractivity contribution is 9.11. The van der Waals surface area contributed by atoms with E-state index in [1.807, 2.05) is 0 Å². The van der Waals surface area contributed by atoms with Crippen molar-refractivity contribution in [1.29, 1.82) is 0 Å². The van der Waals surface area contributed by atoms with E-state index >= 15 is 0 Å². The molecule has 0 N–H and O–H groups in total. The first-order valence-electron chi connectivity index (χ1n) is 8.72. The maximum absolute atomic E-state index is 12.6. The molecule has 0 spiro atoms. The Balaban J connectivity index is 1.72. The van der Waals surface area contributed by atoms with Crippen LogP contribution in [0, 0.1) is 0 Å². The molecule has 0 aliphatic heterocycles. The van der Waals surface area contributed by atoms with Gasteiger partial charge in [0.1, 0.15) is 23.9 Å². The normalized spacial score (nSPS) is 12.0. The number of hydrogen-bond acceptors (Lipinski definition) is 3. The molecule has 10 heteroatoms.